The predicted octanol–water partition coefficient (Wildman–Crippen LogP) is 3.78. The second-order valence-electron chi connectivity index (χ2n) is 7.17. The van der Waals surface area contributed by atoms with Gasteiger partial charge in [0.25, 0.3) is 0 Å². The first-order valence-electron chi connectivity index (χ1n) is 9.42. The minimum Gasteiger partial charge on any atom is -0.459 e. The highest BCUT2D eigenvalue weighted by Crippen LogP contribution is 2.27. The van der Waals surface area contributed by atoms with Crippen LogP contribution in [0.4, 0.5) is 11.4 Å². The molecule has 0 bridgehead atoms. The average molecular weight is 380 g/mol. The third kappa shape index (κ3) is 4.97. The quantitative estimate of drug-likeness (QED) is 0.747. The normalized spacial score (nSPS) is 15.5. The molecule has 0 aliphatic carbocycles. The molecular formula is C22H24N2O4. The molecular weight excluding hydrogens is 356 g/mol. The summed E-state index contributed by atoms with van der Waals surface area (Å²) in [6, 6.07) is 14.3. The maximum atomic E-state index is 12.2. The van der Waals surface area contributed by atoms with E-state index >= 15 is 0 Å². The van der Waals surface area contributed by atoms with Crippen LogP contribution in [0.1, 0.15) is 42.6 Å². The number of anilines is 2. The van der Waals surface area contributed by atoms with Crippen LogP contribution in [0.2, 0.25) is 0 Å². The average Bonchev–Trinajstić information content (AvgIpc) is 2.66. The Morgan fingerprint density at radius 3 is 2.57 bits per heavy atom. The van der Waals surface area contributed by atoms with Gasteiger partial charge >= 0.3 is 5.97 Å². The van der Waals surface area contributed by atoms with Crippen LogP contribution >= 0.6 is 0 Å². The maximum absolute atomic E-state index is 12.2. The van der Waals surface area contributed by atoms with Crippen LogP contribution in [0.25, 0.3) is 0 Å². The lowest BCUT2D eigenvalue weighted by molar-refractivity contribution is -0.121. The fourth-order valence-corrected chi connectivity index (χ4v) is 3.15. The van der Waals surface area contributed by atoms with Gasteiger partial charge in [0.05, 0.1) is 11.7 Å². The van der Waals surface area contributed by atoms with E-state index in [1.54, 1.807) is 38.1 Å². The van der Waals surface area contributed by atoms with Gasteiger partial charge < -0.3 is 15.4 Å². The minimum atomic E-state index is -0.392. The highest BCUT2D eigenvalue weighted by Gasteiger charge is 2.26. The molecule has 0 unspecified atom stereocenters. The van der Waals surface area contributed by atoms with Crippen molar-refractivity contribution in [2.45, 2.75) is 39.2 Å². The molecule has 0 fully saturated rings. The van der Waals surface area contributed by atoms with Crippen molar-refractivity contribution in [3.8, 4) is 0 Å². The zero-order valence-corrected chi connectivity index (χ0v) is 16.0. The zero-order chi connectivity index (χ0) is 20.1. The van der Waals surface area contributed by atoms with Gasteiger partial charge in [0.2, 0.25) is 11.8 Å². The third-order valence-electron chi connectivity index (χ3n) is 4.58. The van der Waals surface area contributed by atoms with Gasteiger partial charge in [0, 0.05) is 23.7 Å². The summed E-state index contributed by atoms with van der Waals surface area (Å²) in [4.78, 5) is 36.3. The summed E-state index contributed by atoms with van der Waals surface area (Å²) in [7, 11) is 0. The van der Waals surface area contributed by atoms with Crippen LogP contribution in [0.5, 0.6) is 0 Å². The molecule has 1 heterocycles. The van der Waals surface area contributed by atoms with Crippen molar-refractivity contribution >= 4 is 29.2 Å². The van der Waals surface area contributed by atoms with Crippen molar-refractivity contribution in [1.82, 2.24) is 0 Å². The number of carbonyl (C=O) groups is 3. The Morgan fingerprint density at radius 1 is 1.14 bits per heavy atom. The second kappa shape index (κ2) is 8.69. The molecule has 2 amide bonds. The lowest BCUT2D eigenvalue weighted by Crippen LogP contribution is -2.30. The summed E-state index contributed by atoms with van der Waals surface area (Å²) in [6.07, 6.45) is 1.18. The number of rotatable bonds is 6. The highest BCUT2D eigenvalue weighted by atomic mass is 16.5. The topological polar surface area (TPSA) is 84.5 Å². The number of hydrogen-bond donors (Lipinski definition) is 2. The lowest BCUT2D eigenvalue weighted by Gasteiger charge is -2.24. The van der Waals surface area contributed by atoms with Crippen molar-refractivity contribution in [1.29, 1.82) is 0 Å². The molecule has 28 heavy (non-hydrogen) atoms. The van der Waals surface area contributed by atoms with Crippen LogP contribution in [-0.2, 0) is 20.7 Å². The Labute approximate surface area is 164 Å². The van der Waals surface area contributed by atoms with Gasteiger partial charge in [-0.3, -0.25) is 9.59 Å². The van der Waals surface area contributed by atoms with Gasteiger partial charge in [-0.25, -0.2) is 4.79 Å². The van der Waals surface area contributed by atoms with Crippen LogP contribution in [0.15, 0.2) is 48.5 Å². The van der Waals surface area contributed by atoms with Crippen LogP contribution in [0, 0.1) is 5.92 Å². The van der Waals surface area contributed by atoms with Gasteiger partial charge in [0.1, 0.15) is 0 Å². The van der Waals surface area contributed by atoms with E-state index in [-0.39, 0.29) is 30.3 Å². The Morgan fingerprint density at radius 2 is 1.86 bits per heavy atom. The number of carbonyl (C=O) groups excluding carboxylic acids is 3. The van der Waals surface area contributed by atoms with E-state index in [1.165, 1.54) is 0 Å². The summed E-state index contributed by atoms with van der Waals surface area (Å²) in [5, 5.41) is 5.70. The summed E-state index contributed by atoms with van der Waals surface area (Å²) < 4.78 is 5.13. The lowest BCUT2D eigenvalue weighted by atomic mass is 9.89. The molecule has 1 atom stereocenters. The number of fused-ring (bicyclic) bond motifs is 1. The van der Waals surface area contributed by atoms with Gasteiger partial charge in [-0.15, -0.1) is 0 Å². The highest BCUT2D eigenvalue weighted by molar-refractivity contribution is 5.97. The molecule has 2 aromatic rings. The Kier molecular flexibility index (Phi) is 6.09. The second-order valence-corrected chi connectivity index (χ2v) is 7.17. The molecule has 0 radical (unpaired) electrons. The van der Waals surface area contributed by atoms with Crippen LogP contribution < -0.4 is 10.6 Å². The van der Waals surface area contributed by atoms with E-state index in [1.807, 2.05) is 24.3 Å². The van der Waals surface area contributed by atoms with Gasteiger partial charge in [0.15, 0.2) is 0 Å². The largest absolute Gasteiger partial charge is 0.459 e. The first kappa shape index (κ1) is 19.6. The molecule has 0 spiro atoms. The van der Waals surface area contributed by atoms with E-state index in [0.29, 0.717) is 24.1 Å². The van der Waals surface area contributed by atoms with Crippen molar-refractivity contribution < 1.29 is 19.1 Å². The molecule has 1 aliphatic heterocycles. The predicted molar refractivity (Wildman–Crippen MR) is 107 cm³/mol. The third-order valence-corrected chi connectivity index (χ3v) is 4.58. The Balaban J connectivity index is 1.51. The Hall–Kier alpha value is -3.15. The van der Waals surface area contributed by atoms with Gasteiger partial charge in [-0.1, -0.05) is 18.2 Å². The first-order valence-corrected chi connectivity index (χ1v) is 9.42. The molecule has 6 heteroatoms. The van der Waals surface area contributed by atoms with Crippen molar-refractivity contribution in [3.05, 3.63) is 59.7 Å². The smallest absolute Gasteiger partial charge is 0.338 e. The van der Waals surface area contributed by atoms with Crippen molar-refractivity contribution in [2.75, 3.05) is 10.6 Å². The standard InChI is InChI=1S/C22H24N2O4/c1-14(2)28-22(27)15-7-10-18(11-8-15)23-20(25)12-9-17-13-16-5-3-4-6-19(16)24-21(17)26/h3-8,10-11,14,17H,9,12-13H2,1-2H3,(H,23,25)(H,24,26)/t17-/m0/s1. The van der Waals surface area contributed by atoms with E-state index in [4.69, 9.17) is 4.74 Å². The van der Waals surface area contributed by atoms with Gasteiger partial charge in [-0.2, -0.15) is 0 Å². The summed E-state index contributed by atoms with van der Waals surface area (Å²) in [6.45, 7) is 3.58. The number of benzene rings is 2. The fraction of sp³-hybridized carbons (Fsp3) is 0.318. The molecule has 1 aliphatic rings. The summed E-state index contributed by atoms with van der Waals surface area (Å²) >= 11 is 0. The molecule has 2 N–H and O–H groups in total. The van der Waals surface area contributed by atoms with E-state index < -0.39 is 5.97 Å². The van der Waals surface area contributed by atoms with Crippen molar-refractivity contribution in [3.63, 3.8) is 0 Å². The number of hydrogen-bond acceptors (Lipinski definition) is 4. The Bertz CT molecular complexity index is 874. The number of amides is 2. The maximum Gasteiger partial charge on any atom is 0.338 e. The van der Waals surface area contributed by atoms with E-state index in [0.717, 1.165) is 11.3 Å². The molecule has 146 valence electrons. The number of ether oxygens (including phenoxy) is 1. The van der Waals surface area contributed by atoms with Crippen LogP contribution in [-0.4, -0.2) is 23.9 Å². The SMILES string of the molecule is CC(C)OC(=O)c1ccc(NC(=O)CC[C@H]2Cc3ccccc3NC2=O)cc1. The number of nitrogens with one attached hydrogen (secondary N) is 2. The zero-order valence-electron chi connectivity index (χ0n) is 16.0. The summed E-state index contributed by atoms with van der Waals surface area (Å²) in [5.74, 6) is -0.811. The molecule has 0 saturated carbocycles. The molecule has 0 saturated heterocycles. The van der Waals surface area contributed by atoms with Gasteiger partial charge in [-0.05, 0) is 62.6 Å². The van der Waals surface area contributed by atoms with E-state index in [2.05, 4.69) is 10.6 Å². The number of esters is 1. The summed E-state index contributed by atoms with van der Waals surface area (Å²) in [5.41, 5.74) is 2.98. The molecule has 6 nitrogen and oxygen atoms in total. The van der Waals surface area contributed by atoms with Crippen LogP contribution in [0.3, 0.4) is 0 Å². The molecule has 3 rings (SSSR count). The monoisotopic (exact) mass is 380 g/mol. The first-order chi connectivity index (χ1) is 13.4. The molecule has 0 aromatic heterocycles. The van der Waals surface area contributed by atoms with Crippen molar-refractivity contribution in [2.24, 2.45) is 5.92 Å². The van der Waals surface area contributed by atoms with E-state index in [9.17, 15) is 14.4 Å². The number of para-hydroxylation sites is 1. The molecule has 2 aromatic carbocycles. The minimum absolute atomic E-state index is 0.0421. The fourth-order valence-electron chi connectivity index (χ4n) is 3.15.